The number of nitrogens with two attached hydrogens (primary N) is 1. The van der Waals surface area contributed by atoms with Crippen molar-refractivity contribution < 1.29 is 33.5 Å². The Bertz CT molecular complexity index is 1460. The third-order valence-electron chi connectivity index (χ3n) is 11.5. The largest absolute Gasteiger partial charge is 0.447 e. The molecule has 3 aliphatic carbocycles. The van der Waals surface area contributed by atoms with Gasteiger partial charge in [-0.2, -0.15) is 0 Å². The first-order chi connectivity index (χ1) is 23.6. The lowest BCUT2D eigenvalue weighted by Crippen LogP contribution is -2.61. The Labute approximate surface area is 294 Å². The molecule has 6 N–H and O–H groups in total. The van der Waals surface area contributed by atoms with Gasteiger partial charge in [-0.15, -0.1) is 0 Å². The zero-order valence-electron chi connectivity index (χ0n) is 30.1. The van der Waals surface area contributed by atoms with Crippen LogP contribution in [0.5, 0.6) is 0 Å². The number of carbonyl (C=O) groups is 6. The first-order valence-corrected chi connectivity index (χ1v) is 18.1. The van der Waals surface area contributed by atoms with Crippen molar-refractivity contribution >= 4 is 35.6 Å². The summed E-state index contributed by atoms with van der Waals surface area (Å²) in [5, 5.41) is 11.3. The van der Waals surface area contributed by atoms with Gasteiger partial charge in [0.1, 0.15) is 18.7 Å². The molecule has 0 spiro atoms. The van der Waals surface area contributed by atoms with E-state index in [1.165, 1.54) is 0 Å². The number of benzene rings is 1. The fraction of sp³-hybridized carbons (Fsp3) is 0.676. The lowest BCUT2D eigenvalue weighted by Gasteiger charge is -2.36. The summed E-state index contributed by atoms with van der Waals surface area (Å²) in [6, 6.07) is 3.83. The number of hydrogen-bond donors (Lipinski definition) is 5. The van der Waals surface area contributed by atoms with Crippen LogP contribution in [0.15, 0.2) is 24.3 Å². The number of Topliss-reactive ketones (excluding diaryl/α,β-unsaturated/α-hetero) is 1. The van der Waals surface area contributed by atoms with E-state index in [9.17, 15) is 28.8 Å². The minimum atomic E-state index is -1.10. The van der Waals surface area contributed by atoms with Gasteiger partial charge in [0.05, 0.1) is 12.1 Å². The van der Waals surface area contributed by atoms with E-state index in [4.69, 9.17) is 10.5 Å². The summed E-state index contributed by atoms with van der Waals surface area (Å²) in [5.74, 6) is -3.00. The summed E-state index contributed by atoms with van der Waals surface area (Å²) in [6.45, 7) is 11.8. The van der Waals surface area contributed by atoms with Crippen molar-refractivity contribution in [1.82, 2.24) is 26.2 Å². The molecule has 6 atom stereocenters. The molecule has 1 aromatic carbocycles. The molecule has 13 heteroatoms. The Morgan fingerprint density at radius 1 is 0.940 bits per heavy atom. The molecule has 1 heterocycles. The number of hydrogen-bond acceptors (Lipinski definition) is 7. The second-order valence-corrected chi connectivity index (χ2v) is 16.0. The van der Waals surface area contributed by atoms with Gasteiger partial charge in [0.2, 0.25) is 17.6 Å². The number of piperidine rings is 1. The molecule has 1 saturated heterocycles. The minimum absolute atomic E-state index is 0.0595. The SMILES string of the molecule is CC(C)NC(=O)OC[C@@H](NC(=O)N[C@H](C(=O)N1C[C@H]2[C@@H]([C@H]1C(=O)NC(CC1CCC1)C(=O)C(N)=O)C2(C)C)C1Cc2ccccc2C1)C(C)C. The maximum absolute atomic E-state index is 14.7. The molecule has 0 bridgehead atoms. The van der Waals surface area contributed by atoms with E-state index in [1.54, 1.807) is 4.90 Å². The Balaban J connectivity index is 1.36. The monoisotopic (exact) mass is 694 g/mol. The molecule has 1 unspecified atom stereocenters. The summed E-state index contributed by atoms with van der Waals surface area (Å²) in [7, 11) is 0. The fourth-order valence-corrected chi connectivity index (χ4v) is 8.12. The lowest BCUT2D eigenvalue weighted by molar-refractivity contribution is -0.144. The van der Waals surface area contributed by atoms with E-state index >= 15 is 0 Å². The van der Waals surface area contributed by atoms with Crippen LogP contribution in [0.1, 0.15) is 78.4 Å². The topological polar surface area (TPSA) is 189 Å². The van der Waals surface area contributed by atoms with Crippen molar-refractivity contribution in [3.05, 3.63) is 35.4 Å². The highest BCUT2D eigenvalue weighted by Crippen LogP contribution is 2.65. The van der Waals surface area contributed by atoms with Crippen molar-refractivity contribution in [2.45, 2.75) is 110 Å². The molecule has 0 radical (unpaired) electrons. The number of carbonyl (C=O) groups excluding carboxylic acids is 6. The molecule has 4 aliphatic rings. The van der Waals surface area contributed by atoms with Crippen LogP contribution in [0.3, 0.4) is 0 Å². The highest BCUT2D eigenvalue weighted by Gasteiger charge is 2.70. The standard InChI is InChI=1S/C37H54N6O7/c1-19(2)27(18-50-36(49)39-20(3)4)41-35(48)42-29(24-15-22-12-7-8-13-23(22)16-24)34(47)43-17-25-28(37(25,5)6)30(43)33(46)40-26(31(44)32(38)45)14-21-10-9-11-21/h7-8,12-13,19-21,24-30H,9-11,14-18H2,1-6H3,(H2,38,45)(H,39,49)(H,40,46)(H2,41,42,48)/t25-,26?,27+,28-,29-,30-/m0/s1. The van der Waals surface area contributed by atoms with Crippen molar-refractivity contribution in [2.75, 3.05) is 13.2 Å². The summed E-state index contributed by atoms with van der Waals surface area (Å²) in [6.07, 6.45) is 3.74. The number of nitrogens with zero attached hydrogens (tertiary/aromatic N) is 1. The maximum atomic E-state index is 14.7. The molecule has 2 saturated carbocycles. The minimum Gasteiger partial charge on any atom is -0.447 e. The Kier molecular flexibility index (Phi) is 11.1. The predicted molar refractivity (Wildman–Crippen MR) is 185 cm³/mol. The van der Waals surface area contributed by atoms with Gasteiger partial charge < -0.3 is 36.6 Å². The van der Waals surface area contributed by atoms with E-state index in [0.717, 1.165) is 30.4 Å². The molecule has 50 heavy (non-hydrogen) atoms. The molecule has 274 valence electrons. The molecule has 1 aromatic rings. The third-order valence-corrected chi connectivity index (χ3v) is 11.5. The van der Waals surface area contributed by atoms with E-state index in [2.05, 4.69) is 35.1 Å². The van der Waals surface area contributed by atoms with Gasteiger partial charge in [-0.1, -0.05) is 71.2 Å². The third kappa shape index (κ3) is 8.07. The summed E-state index contributed by atoms with van der Waals surface area (Å²) in [5.41, 5.74) is 7.38. The van der Waals surface area contributed by atoms with Crippen LogP contribution in [0, 0.1) is 35.0 Å². The van der Waals surface area contributed by atoms with E-state index in [-0.39, 0.29) is 53.6 Å². The number of rotatable bonds is 14. The summed E-state index contributed by atoms with van der Waals surface area (Å²) >= 11 is 0. The number of ether oxygens (including phenoxy) is 1. The lowest BCUT2D eigenvalue weighted by atomic mass is 9.80. The number of likely N-dealkylation sites (tertiary alicyclic amines) is 1. The van der Waals surface area contributed by atoms with Crippen molar-refractivity contribution in [1.29, 1.82) is 0 Å². The quantitative estimate of drug-likeness (QED) is 0.185. The van der Waals surface area contributed by atoms with Gasteiger partial charge >= 0.3 is 12.1 Å². The number of primary amides is 1. The van der Waals surface area contributed by atoms with E-state index < -0.39 is 53.9 Å². The number of ketones is 1. The van der Waals surface area contributed by atoms with Crippen molar-refractivity contribution in [3.63, 3.8) is 0 Å². The fourth-order valence-electron chi connectivity index (χ4n) is 8.12. The van der Waals surface area contributed by atoms with Gasteiger partial charge in [-0.3, -0.25) is 19.2 Å². The van der Waals surface area contributed by atoms with Gasteiger partial charge in [-0.25, -0.2) is 9.59 Å². The van der Waals surface area contributed by atoms with E-state index in [1.807, 2.05) is 52.0 Å². The molecular weight excluding hydrogens is 640 g/mol. The average Bonchev–Trinajstić information content (AvgIpc) is 3.39. The second-order valence-electron chi connectivity index (χ2n) is 16.0. The number of nitrogens with one attached hydrogen (secondary N) is 4. The summed E-state index contributed by atoms with van der Waals surface area (Å²) in [4.78, 5) is 80.9. The second kappa shape index (κ2) is 15.0. The smallest absolute Gasteiger partial charge is 0.407 e. The average molecular weight is 695 g/mol. The number of urea groups is 1. The molecule has 13 nitrogen and oxygen atoms in total. The van der Waals surface area contributed by atoms with Crippen LogP contribution in [0.25, 0.3) is 0 Å². The van der Waals surface area contributed by atoms with Crippen LogP contribution in [0.4, 0.5) is 9.59 Å². The normalized spacial score (nSPS) is 23.9. The van der Waals surface area contributed by atoms with Gasteiger partial charge in [0, 0.05) is 12.6 Å². The zero-order chi connectivity index (χ0) is 36.5. The maximum Gasteiger partial charge on any atom is 0.407 e. The van der Waals surface area contributed by atoms with Gasteiger partial charge in [0.25, 0.3) is 5.91 Å². The van der Waals surface area contributed by atoms with Crippen molar-refractivity contribution in [3.8, 4) is 0 Å². The molecular formula is C37H54N6O7. The van der Waals surface area contributed by atoms with E-state index in [0.29, 0.717) is 25.8 Å². The Morgan fingerprint density at radius 3 is 2.12 bits per heavy atom. The van der Waals surface area contributed by atoms with Crippen LogP contribution in [-0.2, 0) is 36.8 Å². The molecule has 6 amide bonds. The molecule has 0 aromatic heterocycles. The van der Waals surface area contributed by atoms with Crippen molar-refractivity contribution in [2.24, 2.45) is 40.7 Å². The highest BCUT2D eigenvalue weighted by atomic mass is 16.5. The zero-order valence-corrected chi connectivity index (χ0v) is 30.1. The van der Waals surface area contributed by atoms with Gasteiger partial charge in [0.15, 0.2) is 0 Å². The number of alkyl carbamates (subject to hydrolysis) is 1. The van der Waals surface area contributed by atoms with Crippen LogP contribution in [-0.4, -0.2) is 83.9 Å². The number of amides is 6. The summed E-state index contributed by atoms with van der Waals surface area (Å²) < 4.78 is 5.36. The first-order valence-electron chi connectivity index (χ1n) is 18.1. The molecule has 5 rings (SSSR count). The Hall–Kier alpha value is -4.16. The number of fused-ring (bicyclic) bond motifs is 2. The first kappa shape index (κ1) is 37.1. The molecule has 1 aliphatic heterocycles. The predicted octanol–water partition coefficient (Wildman–Crippen LogP) is 2.44. The van der Waals surface area contributed by atoms with Gasteiger partial charge in [-0.05, 0) is 79.2 Å². The molecule has 3 fully saturated rings. The van der Waals surface area contributed by atoms with Crippen LogP contribution in [0.2, 0.25) is 0 Å². The van der Waals surface area contributed by atoms with Crippen LogP contribution < -0.4 is 27.0 Å². The Morgan fingerprint density at radius 2 is 1.58 bits per heavy atom. The van der Waals surface area contributed by atoms with Crippen LogP contribution >= 0.6 is 0 Å². The highest BCUT2D eigenvalue weighted by molar-refractivity contribution is 6.37.